The molecule has 0 aliphatic carbocycles. The molecule has 0 N–H and O–H groups in total. The zero-order valence-electron chi connectivity index (χ0n) is 4.65. The Morgan fingerprint density at radius 1 is 1.22 bits per heavy atom. The molecule has 0 amide bonds. The van der Waals surface area contributed by atoms with Gasteiger partial charge in [0, 0.05) is 0 Å². The first-order chi connectivity index (χ1) is 4.43. The Labute approximate surface area is 60.1 Å². The van der Waals surface area contributed by atoms with Crippen molar-refractivity contribution in [1.29, 1.82) is 0 Å². The van der Waals surface area contributed by atoms with Gasteiger partial charge < -0.3 is 0 Å². The molecule has 0 radical (unpaired) electrons. The summed E-state index contributed by atoms with van der Waals surface area (Å²) in [6.45, 7) is 0. The second-order valence-electron chi connectivity index (χ2n) is 1.48. The minimum atomic E-state index is -1.20. The molecule has 0 fully saturated rings. The van der Waals surface area contributed by atoms with Crippen molar-refractivity contribution in [2.75, 3.05) is 0 Å². The van der Waals surface area contributed by atoms with Gasteiger partial charge in [-0.3, -0.25) is 0 Å². The topological polar surface area (TPSA) is 26.3 Å². The number of benzene rings is 1. The molecule has 0 atom stereocenters. The van der Waals surface area contributed by atoms with Crippen LogP contribution in [0.2, 0.25) is 0 Å². The van der Waals surface area contributed by atoms with Crippen molar-refractivity contribution < 1.29 is 7.47 Å². The van der Waals surface area contributed by atoms with Crippen molar-refractivity contribution in [3.63, 3.8) is 0 Å². The molecule has 0 unspecified atom stereocenters. The van der Waals surface area contributed by atoms with Gasteiger partial charge in [0.1, 0.15) is 0 Å². The SMILES string of the molecule is O=[As]Oc1ccccc1. The Balaban J connectivity index is 2.72. The van der Waals surface area contributed by atoms with Crippen LogP contribution in [-0.2, 0) is 3.74 Å². The van der Waals surface area contributed by atoms with Crippen LogP contribution < -0.4 is 3.73 Å². The number of para-hydroxylation sites is 1. The Hall–Kier alpha value is -0.622. The van der Waals surface area contributed by atoms with Gasteiger partial charge in [-0.05, 0) is 0 Å². The summed E-state index contributed by atoms with van der Waals surface area (Å²) in [7, 11) is 0. The van der Waals surface area contributed by atoms with E-state index in [0.29, 0.717) is 5.75 Å². The second kappa shape index (κ2) is 3.41. The number of rotatable bonds is 2. The molecule has 0 spiro atoms. The molecule has 9 heavy (non-hydrogen) atoms. The number of hydrogen-bond donors (Lipinski definition) is 0. The van der Waals surface area contributed by atoms with E-state index < -0.39 is 16.0 Å². The van der Waals surface area contributed by atoms with E-state index in [2.05, 4.69) is 0 Å². The van der Waals surface area contributed by atoms with Gasteiger partial charge in [-0.1, -0.05) is 0 Å². The average Bonchev–Trinajstić information content (AvgIpc) is 1.91. The van der Waals surface area contributed by atoms with Crippen LogP contribution >= 0.6 is 0 Å². The van der Waals surface area contributed by atoms with Crippen molar-refractivity contribution in [1.82, 2.24) is 0 Å². The Morgan fingerprint density at radius 2 is 1.89 bits per heavy atom. The maximum absolute atomic E-state index is 9.97. The van der Waals surface area contributed by atoms with Gasteiger partial charge in [0.25, 0.3) is 0 Å². The van der Waals surface area contributed by atoms with Gasteiger partial charge in [-0.15, -0.1) is 0 Å². The van der Waals surface area contributed by atoms with E-state index in [4.69, 9.17) is 3.73 Å². The van der Waals surface area contributed by atoms with Gasteiger partial charge in [0.2, 0.25) is 0 Å². The summed E-state index contributed by atoms with van der Waals surface area (Å²) in [4.78, 5) is 0. The molecular formula is C6H5AsO2. The summed E-state index contributed by atoms with van der Waals surface area (Å²) >= 11 is -1.20. The third-order valence-electron chi connectivity index (χ3n) is 0.886. The maximum atomic E-state index is 9.97. The molecular weight excluding hydrogens is 179 g/mol. The van der Waals surface area contributed by atoms with Crippen LogP contribution in [0.25, 0.3) is 0 Å². The molecule has 0 bridgehead atoms. The first kappa shape index (κ1) is 6.50. The van der Waals surface area contributed by atoms with Crippen molar-refractivity contribution >= 4 is 16.0 Å². The van der Waals surface area contributed by atoms with Crippen LogP contribution in [0.5, 0.6) is 5.75 Å². The van der Waals surface area contributed by atoms with Crippen LogP contribution in [0, 0.1) is 0 Å². The van der Waals surface area contributed by atoms with Crippen molar-refractivity contribution in [2.45, 2.75) is 0 Å². The van der Waals surface area contributed by atoms with E-state index in [1.54, 1.807) is 12.1 Å². The molecule has 0 heterocycles. The molecule has 46 valence electrons. The summed E-state index contributed by atoms with van der Waals surface area (Å²) in [5.41, 5.74) is 0. The molecule has 0 saturated heterocycles. The van der Waals surface area contributed by atoms with E-state index >= 15 is 0 Å². The van der Waals surface area contributed by atoms with E-state index in [1.807, 2.05) is 18.2 Å². The summed E-state index contributed by atoms with van der Waals surface area (Å²) in [5, 5.41) is 0. The first-order valence-electron chi connectivity index (χ1n) is 2.48. The Kier molecular flexibility index (Phi) is 2.46. The van der Waals surface area contributed by atoms with Gasteiger partial charge >= 0.3 is 59.6 Å². The summed E-state index contributed by atoms with van der Waals surface area (Å²) in [6.07, 6.45) is 0. The monoisotopic (exact) mass is 184 g/mol. The molecule has 0 saturated carbocycles. The summed E-state index contributed by atoms with van der Waals surface area (Å²) in [5.74, 6) is 0.674. The van der Waals surface area contributed by atoms with Gasteiger partial charge in [0.05, 0.1) is 0 Å². The van der Waals surface area contributed by atoms with E-state index in [1.165, 1.54) is 0 Å². The van der Waals surface area contributed by atoms with Gasteiger partial charge in [0.15, 0.2) is 0 Å². The van der Waals surface area contributed by atoms with E-state index in [0.717, 1.165) is 0 Å². The molecule has 0 aromatic heterocycles. The Morgan fingerprint density at radius 3 is 2.44 bits per heavy atom. The van der Waals surface area contributed by atoms with Crippen LogP contribution in [0.15, 0.2) is 30.3 Å². The molecule has 1 rings (SSSR count). The van der Waals surface area contributed by atoms with Gasteiger partial charge in [-0.2, -0.15) is 0 Å². The standard InChI is InChI=1S/C6H5AsO2/c8-7-9-6-4-2-1-3-5-6/h1-5H. The fraction of sp³-hybridized carbons (Fsp3) is 0. The molecule has 2 nitrogen and oxygen atoms in total. The minimum absolute atomic E-state index is 0.674. The number of hydrogen-bond acceptors (Lipinski definition) is 2. The molecule has 1 aromatic carbocycles. The summed E-state index contributed by atoms with van der Waals surface area (Å²) < 4.78 is 14.7. The first-order valence-corrected chi connectivity index (χ1v) is 4.01. The van der Waals surface area contributed by atoms with Crippen molar-refractivity contribution in [3.05, 3.63) is 30.3 Å². The van der Waals surface area contributed by atoms with E-state index in [9.17, 15) is 3.74 Å². The third-order valence-corrected chi connectivity index (χ3v) is 1.48. The molecule has 0 aliphatic rings. The van der Waals surface area contributed by atoms with E-state index in [-0.39, 0.29) is 0 Å². The molecule has 0 aliphatic heterocycles. The van der Waals surface area contributed by atoms with Crippen LogP contribution in [0.4, 0.5) is 0 Å². The quantitative estimate of drug-likeness (QED) is 0.641. The van der Waals surface area contributed by atoms with Crippen LogP contribution in [-0.4, -0.2) is 16.0 Å². The van der Waals surface area contributed by atoms with Gasteiger partial charge in [-0.25, -0.2) is 0 Å². The average molecular weight is 184 g/mol. The molecule has 1 aromatic rings. The normalized spacial score (nSPS) is 9.33. The van der Waals surface area contributed by atoms with Crippen LogP contribution in [0.3, 0.4) is 0 Å². The zero-order valence-corrected chi connectivity index (χ0v) is 6.53. The predicted octanol–water partition coefficient (Wildman–Crippen LogP) is 1.03. The Bertz CT molecular complexity index is 186. The zero-order chi connectivity index (χ0) is 6.53. The fourth-order valence-corrected chi connectivity index (χ4v) is 0.960. The predicted molar refractivity (Wildman–Crippen MR) is 33.5 cm³/mol. The van der Waals surface area contributed by atoms with Crippen LogP contribution in [0.1, 0.15) is 0 Å². The second-order valence-corrected chi connectivity index (χ2v) is 2.17. The third kappa shape index (κ3) is 1.98. The van der Waals surface area contributed by atoms with Crippen molar-refractivity contribution in [2.24, 2.45) is 0 Å². The summed E-state index contributed by atoms with van der Waals surface area (Å²) in [6, 6.07) is 9.10. The fourth-order valence-electron chi connectivity index (χ4n) is 0.524. The van der Waals surface area contributed by atoms with Crippen molar-refractivity contribution in [3.8, 4) is 5.75 Å². The molecule has 3 heteroatoms.